The zero-order valence-electron chi connectivity index (χ0n) is 13.2. The normalized spacial score (nSPS) is 15.6. The number of halogens is 2. The van der Waals surface area contributed by atoms with Gasteiger partial charge in [-0.05, 0) is 30.3 Å². The number of anilines is 1. The Hall–Kier alpha value is -2.22. The largest absolute Gasteiger partial charge is 0.324 e. The van der Waals surface area contributed by atoms with E-state index in [1.165, 1.54) is 17.8 Å². The topological polar surface area (TPSA) is 87.3 Å². The number of amides is 3. The summed E-state index contributed by atoms with van der Waals surface area (Å²) < 4.78 is 0. The van der Waals surface area contributed by atoms with Gasteiger partial charge in [-0.1, -0.05) is 35.3 Å². The lowest BCUT2D eigenvalue weighted by Gasteiger charge is -2.23. The van der Waals surface area contributed by atoms with Gasteiger partial charge in [0, 0.05) is 16.3 Å². The summed E-state index contributed by atoms with van der Waals surface area (Å²) in [7, 11) is 0. The zero-order valence-corrected chi connectivity index (χ0v) is 15.5. The van der Waals surface area contributed by atoms with Crippen LogP contribution in [0.5, 0.6) is 0 Å². The average molecular weight is 410 g/mol. The summed E-state index contributed by atoms with van der Waals surface area (Å²) in [6.07, 6.45) is -0.0959. The maximum absolute atomic E-state index is 12.1. The summed E-state index contributed by atoms with van der Waals surface area (Å²) in [5, 5.41) is 2.91. The Morgan fingerprint density at radius 1 is 1.12 bits per heavy atom. The van der Waals surface area contributed by atoms with Gasteiger partial charge in [0.1, 0.15) is 0 Å². The number of hydrazine groups is 1. The van der Waals surface area contributed by atoms with Crippen LogP contribution in [0.15, 0.2) is 47.4 Å². The van der Waals surface area contributed by atoms with Crippen molar-refractivity contribution in [2.24, 2.45) is 0 Å². The second kappa shape index (κ2) is 7.99. The van der Waals surface area contributed by atoms with E-state index in [9.17, 15) is 14.4 Å². The van der Waals surface area contributed by atoms with Crippen LogP contribution in [0.1, 0.15) is 16.8 Å². The van der Waals surface area contributed by atoms with Gasteiger partial charge in [0.2, 0.25) is 11.8 Å². The smallest absolute Gasteiger partial charge is 0.271 e. The van der Waals surface area contributed by atoms with Crippen molar-refractivity contribution < 1.29 is 14.4 Å². The Morgan fingerprint density at radius 3 is 2.65 bits per heavy atom. The third-order valence-electron chi connectivity index (χ3n) is 3.57. The molecule has 1 aliphatic heterocycles. The number of nitrogens with one attached hydrogen (secondary N) is 3. The van der Waals surface area contributed by atoms with E-state index in [4.69, 9.17) is 23.2 Å². The summed E-state index contributed by atoms with van der Waals surface area (Å²) in [4.78, 5) is 37.1. The van der Waals surface area contributed by atoms with Crippen molar-refractivity contribution in [2.45, 2.75) is 16.6 Å². The second-order valence-corrected chi connectivity index (χ2v) is 7.51. The van der Waals surface area contributed by atoms with E-state index in [0.29, 0.717) is 10.7 Å². The fraction of sp³-hybridized carbons (Fsp3) is 0.118. The van der Waals surface area contributed by atoms with Crippen molar-refractivity contribution in [3.05, 3.63) is 58.1 Å². The monoisotopic (exact) mass is 409 g/mol. The molecule has 0 bridgehead atoms. The third-order valence-corrected chi connectivity index (χ3v) is 5.41. The van der Waals surface area contributed by atoms with E-state index in [0.717, 1.165) is 4.90 Å². The fourth-order valence-electron chi connectivity index (χ4n) is 2.32. The van der Waals surface area contributed by atoms with Crippen LogP contribution in [0, 0.1) is 0 Å². The van der Waals surface area contributed by atoms with Crippen LogP contribution >= 0.6 is 35.0 Å². The molecule has 3 amide bonds. The third kappa shape index (κ3) is 4.30. The van der Waals surface area contributed by atoms with Gasteiger partial charge < -0.3 is 5.32 Å². The predicted molar refractivity (Wildman–Crippen MR) is 101 cm³/mol. The molecule has 1 aliphatic rings. The molecule has 9 heteroatoms. The Morgan fingerprint density at radius 2 is 1.88 bits per heavy atom. The molecule has 134 valence electrons. The molecule has 1 heterocycles. The molecule has 0 aliphatic carbocycles. The highest BCUT2D eigenvalue weighted by atomic mass is 35.5. The molecule has 0 radical (unpaired) electrons. The van der Waals surface area contributed by atoms with E-state index < -0.39 is 17.1 Å². The van der Waals surface area contributed by atoms with Gasteiger partial charge in [-0.25, -0.2) is 0 Å². The number of carbonyl (C=O) groups is 3. The highest BCUT2D eigenvalue weighted by molar-refractivity contribution is 8.01. The van der Waals surface area contributed by atoms with Gasteiger partial charge in [0.15, 0.2) is 0 Å². The molecule has 3 N–H and O–H groups in total. The summed E-state index contributed by atoms with van der Waals surface area (Å²) in [5.74, 6) is -1.32. The van der Waals surface area contributed by atoms with Gasteiger partial charge in [-0.15, -0.1) is 11.8 Å². The van der Waals surface area contributed by atoms with Crippen LogP contribution < -0.4 is 16.2 Å². The number of rotatable bonds is 3. The van der Waals surface area contributed by atoms with Crippen LogP contribution in [0.2, 0.25) is 10.0 Å². The van der Waals surface area contributed by atoms with E-state index in [1.807, 2.05) is 0 Å². The van der Waals surface area contributed by atoms with Crippen LogP contribution in [-0.4, -0.2) is 23.0 Å². The van der Waals surface area contributed by atoms with E-state index >= 15 is 0 Å². The lowest BCUT2D eigenvalue weighted by Crippen LogP contribution is -2.44. The van der Waals surface area contributed by atoms with E-state index in [2.05, 4.69) is 16.2 Å². The van der Waals surface area contributed by atoms with E-state index in [-0.39, 0.29) is 22.9 Å². The first-order chi connectivity index (χ1) is 12.4. The Balaban J connectivity index is 1.57. The SMILES string of the molecule is O=C(CC1Sc2ccc(Cl)cc2NC1=O)NNC(=O)c1ccccc1Cl. The molecule has 0 fully saturated rings. The minimum Gasteiger partial charge on any atom is -0.324 e. The fourth-order valence-corrected chi connectivity index (χ4v) is 3.80. The summed E-state index contributed by atoms with van der Waals surface area (Å²) >= 11 is 13.1. The molecule has 0 saturated heterocycles. The van der Waals surface area contributed by atoms with Crippen LogP contribution in [0.25, 0.3) is 0 Å². The minimum absolute atomic E-state index is 0.0959. The van der Waals surface area contributed by atoms with E-state index in [1.54, 1.807) is 36.4 Å². The number of benzene rings is 2. The lowest BCUT2D eigenvalue weighted by molar-refractivity contribution is -0.124. The van der Waals surface area contributed by atoms with Gasteiger partial charge >= 0.3 is 0 Å². The standard InChI is InChI=1S/C17H13Cl2N3O3S/c18-9-5-6-13-12(7-9)20-17(25)14(26-13)8-15(23)21-22-16(24)10-3-1-2-4-11(10)19/h1-7,14H,8H2,(H,20,25)(H,21,23)(H,22,24). The maximum Gasteiger partial charge on any atom is 0.271 e. The molecule has 1 unspecified atom stereocenters. The average Bonchev–Trinajstić information content (AvgIpc) is 2.61. The number of carbonyl (C=O) groups excluding carboxylic acids is 3. The quantitative estimate of drug-likeness (QED) is 0.678. The van der Waals surface area contributed by atoms with Crippen molar-refractivity contribution in [3.8, 4) is 0 Å². The molecule has 2 aromatic carbocycles. The molecular formula is C17H13Cl2N3O3S. The van der Waals surface area contributed by atoms with Gasteiger partial charge in [-0.3, -0.25) is 25.2 Å². The Bertz CT molecular complexity index is 891. The number of fused-ring (bicyclic) bond motifs is 1. The molecular weight excluding hydrogens is 397 g/mol. The Labute approximate surface area is 163 Å². The molecule has 6 nitrogen and oxygen atoms in total. The molecule has 0 spiro atoms. The van der Waals surface area contributed by atoms with Crippen molar-refractivity contribution in [3.63, 3.8) is 0 Å². The molecule has 3 rings (SSSR count). The van der Waals surface area contributed by atoms with Crippen molar-refractivity contribution in [1.29, 1.82) is 0 Å². The molecule has 0 aromatic heterocycles. The van der Waals surface area contributed by atoms with Crippen molar-refractivity contribution in [1.82, 2.24) is 10.9 Å². The van der Waals surface area contributed by atoms with Gasteiger partial charge in [0.05, 0.1) is 21.5 Å². The first-order valence-electron chi connectivity index (χ1n) is 7.55. The van der Waals surface area contributed by atoms with Gasteiger partial charge in [0.25, 0.3) is 5.91 Å². The predicted octanol–water partition coefficient (Wildman–Crippen LogP) is 3.26. The van der Waals surface area contributed by atoms with Crippen molar-refractivity contribution in [2.75, 3.05) is 5.32 Å². The Kier molecular flexibility index (Phi) is 5.70. The second-order valence-electron chi connectivity index (χ2n) is 5.42. The van der Waals surface area contributed by atoms with Crippen LogP contribution in [-0.2, 0) is 9.59 Å². The minimum atomic E-state index is -0.610. The summed E-state index contributed by atoms with van der Waals surface area (Å²) in [6.45, 7) is 0. The first-order valence-corrected chi connectivity index (χ1v) is 9.18. The number of hydrogen-bond acceptors (Lipinski definition) is 4. The summed E-state index contributed by atoms with van der Waals surface area (Å²) in [6, 6.07) is 11.6. The first kappa shape index (κ1) is 18.6. The molecule has 26 heavy (non-hydrogen) atoms. The zero-order chi connectivity index (χ0) is 18.7. The van der Waals surface area contributed by atoms with Crippen LogP contribution in [0.3, 0.4) is 0 Å². The number of thioether (sulfide) groups is 1. The van der Waals surface area contributed by atoms with Gasteiger partial charge in [-0.2, -0.15) is 0 Å². The van der Waals surface area contributed by atoms with Crippen LogP contribution in [0.4, 0.5) is 5.69 Å². The highest BCUT2D eigenvalue weighted by Gasteiger charge is 2.29. The molecule has 0 saturated carbocycles. The highest BCUT2D eigenvalue weighted by Crippen LogP contribution is 2.38. The maximum atomic E-state index is 12.1. The lowest BCUT2D eigenvalue weighted by atomic mass is 10.2. The summed E-state index contributed by atoms with van der Waals surface area (Å²) in [5.41, 5.74) is 5.45. The molecule has 1 atom stereocenters. The number of hydrogen-bond donors (Lipinski definition) is 3. The van der Waals surface area contributed by atoms with Crippen molar-refractivity contribution >= 4 is 58.4 Å². The molecule has 2 aromatic rings.